The zero-order chi connectivity index (χ0) is 14.3. The van der Waals surface area contributed by atoms with Crippen molar-refractivity contribution in [2.45, 2.75) is 18.7 Å². The van der Waals surface area contributed by atoms with Crippen molar-refractivity contribution in [3.63, 3.8) is 0 Å². The molecule has 0 unspecified atom stereocenters. The summed E-state index contributed by atoms with van der Waals surface area (Å²) < 4.78 is 0. The van der Waals surface area contributed by atoms with E-state index in [0.29, 0.717) is 17.9 Å². The minimum Gasteiger partial charge on any atom is -0.396 e. The first-order valence-electron chi connectivity index (χ1n) is 5.98. The highest BCUT2D eigenvalue weighted by atomic mass is 32.2. The van der Waals surface area contributed by atoms with Gasteiger partial charge in [0.05, 0.1) is 17.4 Å². The molecule has 0 saturated carbocycles. The molecule has 5 heteroatoms. The maximum atomic E-state index is 12.1. The first-order chi connectivity index (χ1) is 9.00. The lowest BCUT2D eigenvalue weighted by atomic mass is 9.95. The van der Waals surface area contributed by atoms with E-state index in [9.17, 15) is 4.79 Å². The Morgan fingerprint density at radius 1 is 1.47 bits per heavy atom. The summed E-state index contributed by atoms with van der Waals surface area (Å²) in [5, 5.41) is 20.6. The second-order valence-electron chi connectivity index (χ2n) is 4.95. The molecule has 0 spiro atoms. The summed E-state index contributed by atoms with van der Waals surface area (Å²) in [5.74, 6) is 0.134. The van der Waals surface area contributed by atoms with Crippen molar-refractivity contribution in [2.75, 3.05) is 18.9 Å². The topological polar surface area (TPSA) is 73.1 Å². The van der Waals surface area contributed by atoms with Crippen LogP contribution in [0.15, 0.2) is 29.2 Å². The molecule has 19 heavy (non-hydrogen) atoms. The van der Waals surface area contributed by atoms with Crippen molar-refractivity contribution in [1.29, 1.82) is 5.26 Å². The van der Waals surface area contributed by atoms with Gasteiger partial charge in [-0.15, -0.1) is 11.8 Å². The van der Waals surface area contributed by atoms with Crippen molar-refractivity contribution >= 4 is 17.7 Å². The Kier molecular flexibility index (Phi) is 5.87. The average Bonchev–Trinajstić information content (AvgIpc) is 2.43. The van der Waals surface area contributed by atoms with Gasteiger partial charge in [0.15, 0.2) is 0 Å². The molecule has 1 aromatic carbocycles. The molecule has 1 amide bonds. The zero-order valence-electron chi connectivity index (χ0n) is 11.1. The molecule has 0 atom stereocenters. The number of aliphatic hydroxyl groups is 1. The van der Waals surface area contributed by atoms with Gasteiger partial charge in [-0.1, -0.05) is 26.0 Å². The number of carbonyl (C=O) groups is 1. The van der Waals surface area contributed by atoms with E-state index in [2.05, 4.69) is 5.32 Å². The Hall–Kier alpha value is -1.51. The summed E-state index contributed by atoms with van der Waals surface area (Å²) in [4.78, 5) is 12.9. The fourth-order valence-corrected chi connectivity index (χ4v) is 2.07. The number of benzene rings is 1. The molecule has 0 aliphatic carbocycles. The predicted octanol–water partition coefficient (Wildman–Crippen LogP) is 2.05. The van der Waals surface area contributed by atoms with Crippen molar-refractivity contribution < 1.29 is 9.90 Å². The van der Waals surface area contributed by atoms with E-state index in [-0.39, 0.29) is 17.9 Å². The number of thioether (sulfide) groups is 1. The first kappa shape index (κ1) is 15.5. The van der Waals surface area contributed by atoms with Crippen LogP contribution in [0, 0.1) is 16.7 Å². The lowest BCUT2D eigenvalue weighted by Gasteiger charge is -2.22. The van der Waals surface area contributed by atoms with Crippen LogP contribution in [0.4, 0.5) is 0 Å². The third-order valence-corrected chi connectivity index (χ3v) is 3.52. The summed E-state index contributed by atoms with van der Waals surface area (Å²) >= 11 is 1.34. The van der Waals surface area contributed by atoms with Gasteiger partial charge >= 0.3 is 0 Å². The second kappa shape index (κ2) is 7.17. The number of nitrogens with one attached hydrogen (secondary N) is 1. The minimum atomic E-state index is -0.343. The Morgan fingerprint density at radius 3 is 2.79 bits per heavy atom. The molecule has 0 saturated heterocycles. The van der Waals surface area contributed by atoms with Crippen LogP contribution in [0.2, 0.25) is 0 Å². The van der Waals surface area contributed by atoms with Gasteiger partial charge in [0.25, 0.3) is 5.91 Å². The van der Waals surface area contributed by atoms with E-state index in [4.69, 9.17) is 10.4 Å². The number of hydrogen-bond acceptors (Lipinski definition) is 4. The summed E-state index contributed by atoms with van der Waals surface area (Å²) in [5.41, 5.74) is 0.223. The molecule has 0 radical (unpaired) electrons. The van der Waals surface area contributed by atoms with Crippen molar-refractivity contribution in [3.8, 4) is 6.07 Å². The smallest absolute Gasteiger partial charge is 0.252 e. The Morgan fingerprint density at radius 2 is 2.16 bits per heavy atom. The van der Waals surface area contributed by atoms with Gasteiger partial charge in [-0.05, 0) is 12.1 Å². The lowest BCUT2D eigenvalue weighted by molar-refractivity contribution is 0.0908. The number of hydrogen-bond donors (Lipinski definition) is 2. The minimum absolute atomic E-state index is 0.0120. The van der Waals surface area contributed by atoms with Gasteiger partial charge in [0, 0.05) is 23.5 Å². The SMILES string of the molecule is CC(C)(CO)CNC(=O)c1ccccc1SCC#N. The van der Waals surface area contributed by atoms with E-state index in [1.165, 1.54) is 11.8 Å². The molecule has 0 aliphatic rings. The van der Waals surface area contributed by atoms with Crippen LogP contribution in [0.5, 0.6) is 0 Å². The van der Waals surface area contributed by atoms with Crippen LogP contribution in [0.25, 0.3) is 0 Å². The van der Waals surface area contributed by atoms with E-state index < -0.39 is 0 Å². The molecule has 0 bridgehead atoms. The standard InChI is InChI=1S/C14H18N2O2S/c1-14(2,10-17)9-16-13(18)11-5-3-4-6-12(11)19-8-7-15/h3-6,17H,8-10H2,1-2H3,(H,16,18). The second-order valence-corrected chi connectivity index (χ2v) is 5.97. The largest absolute Gasteiger partial charge is 0.396 e. The van der Waals surface area contributed by atoms with Crippen LogP contribution in [-0.4, -0.2) is 29.9 Å². The number of amides is 1. The molecule has 0 heterocycles. The van der Waals surface area contributed by atoms with Crippen LogP contribution in [0.1, 0.15) is 24.2 Å². The van der Waals surface area contributed by atoms with E-state index in [1.807, 2.05) is 32.0 Å². The Labute approximate surface area is 117 Å². The molecular weight excluding hydrogens is 260 g/mol. The van der Waals surface area contributed by atoms with Crippen molar-refractivity contribution in [3.05, 3.63) is 29.8 Å². The summed E-state index contributed by atoms with van der Waals surface area (Å²) in [6, 6.07) is 9.25. The van der Waals surface area contributed by atoms with Crippen molar-refractivity contribution in [2.24, 2.45) is 5.41 Å². The number of nitriles is 1. The van der Waals surface area contributed by atoms with E-state index >= 15 is 0 Å². The monoisotopic (exact) mass is 278 g/mol. The van der Waals surface area contributed by atoms with E-state index in [1.54, 1.807) is 12.1 Å². The summed E-state index contributed by atoms with van der Waals surface area (Å²) in [6.45, 7) is 4.17. The van der Waals surface area contributed by atoms with Gasteiger partial charge in [-0.2, -0.15) is 5.26 Å². The molecule has 0 fully saturated rings. The summed E-state index contributed by atoms with van der Waals surface area (Å²) in [6.07, 6.45) is 0. The summed E-state index contributed by atoms with van der Waals surface area (Å²) in [7, 11) is 0. The molecule has 1 aromatic rings. The Bertz CT molecular complexity index is 481. The molecule has 1 rings (SSSR count). The number of aliphatic hydroxyl groups excluding tert-OH is 1. The molecule has 2 N–H and O–H groups in total. The fraction of sp³-hybridized carbons (Fsp3) is 0.429. The molecule has 4 nitrogen and oxygen atoms in total. The van der Waals surface area contributed by atoms with Gasteiger partial charge in [-0.25, -0.2) is 0 Å². The maximum absolute atomic E-state index is 12.1. The van der Waals surface area contributed by atoms with Crippen LogP contribution < -0.4 is 5.32 Å². The lowest BCUT2D eigenvalue weighted by Crippen LogP contribution is -2.36. The normalized spacial score (nSPS) is 10.8. The highest BCUT2D eigenvalue weighted by Crippen LogP contribution is 2.22. The Balaban J connectivity index is 2.74. The first-order valence-corrected chi connectivity index (χ1v) is 6.96. The third kappa shape index (κ3) is 4.93. The van der Waals surface area contributed by atoms with Crippen LogP contribution in [0.3, 0.4) is 0 Å². The average molecular weight is 278 g/mol. The van der Waals surface area contributed by atoms with Gasteiger partial charge in [0.1, 0.15) is 0 Å². The van der Waals surface area contributed by atoms with Gasteiger partial charge in [0.2, 0.25) is 0 Å². The number of nitrogens with zero attached hydrogens (tertiary/aromatic N) is 1. The number of rotatable bonds is 6. The highest BCUT2D eigenvalue weighted by molar-refractivity contribution is 7.99. The van der Waals surface area contributed by atoms with Crippen molar-refractivity contribution in [1.82, 2.24) is 5.32 Å². The number of carbonyl (C=O) groups excluding carboxylic acids is 1. The zero-order valence-corrected chi connectivity index (χ0v) is 12.0. The third-order valence-electron chi connectivity index (χ3n) is 2.58. The predicted molar refractivity (Wildman–Crippen MR) is 76.0 cm³/mol. The maximum Gasteiger partial charge on any atom is 0.252 e. The molecule has 102 valence electrons. The molecule has 0 aliphatic heterocycles. The van der Waals surface area contributed by atoms with Gasteiger partial charge in [-0.3, -0.25) is 4.79 Å². The van der Waals surface area contributed by atoms with Crippen LogP contribution in [-0.2, 0) is 0 Å². The quantitative estimate of drug-likeness (QED) is 0.781. The molecule has 0 aromatic heterocycles. The fourth-order valence-electron chi connectivity index (χ4n) is 1.36. The van der Waals surface area contributed by atoms with Gasteiger partial charge < -0.3 is 10.4 Å². The highest BCUT2D eigenvalue weighted by Gasteiger charge is 2.19. The molecular formula is C14H18N2O2S. The van der Waals surface area contributed by atoms with Crippen LogP contribution >= 0.6 is 11.8 Å². The van der Waals surface area contributed by atoms with E-state index in [0.717, 1.165) is 4.90 Å².